The lowest BCUT2D eigenvalue weighted by molar-refractivity contribution is 0.528. The zero-order chi connectivity index (χ0) is 15.1. The summed E-state index contributed by atoms with van der Waals surface area (Å²) in [5, 5.41) is 3.66. The predicted molar refractivity (Wildman–Crippen MR) is 89.5 cm³/mol. The molecular weight excluding hydrogens is 256 g/mol. The van der Waals surface area contributed by atoms with E-state index in [1.165, 1.54) is 16.7 Å². The lowest BCUT2D eigenvalue weighted by Gasteiger charge is -2.19. The lowest BCUT2D eigenvalue weighted by Crippen LogP contribution is -2.24. The van der Waals surface area contributed by atoms with Gasteiger partial charge in [0.2, 0.25) is 0 Å². The van der Waals surface area contributed by atoms with Crippen LogP contribution in [0.25, 0.3) is 0 Å². The monoisotopic (exact) mass is 282 g/mol. The third kappa shape index (κ3) is 4.68. The quantitative estimate of drug-likeness (QED) is 0.821. The molecule has 21 heavy (non-hydrogen) atoms. The van der Waals surface area contributed by atoms with Crippen molar-refractivity contribution in [2.45, 2.75) is 46.1 Å². The maximum absolute atomic E-state index is 4.30. The molecule has 0 fully saturated rings. The number of nitrogens with one attached hydrogen (secondary N) is 1. The van der Waals surface area contributed by atoms with Crippen LogP contribution in [0.4, 0.5) is 0 Å². The fraction of sp³-hybridized carbons (Fsp3) is 0.421. The summed E-state index contributed by atoms with van der Waals surface area (Å²) in [5.74, 6) is 0. The molecule has 0 saturated carbocycles. The minimum atomic E-state index is 0.360. The first kappa shape index (κ1) is 15.7. The van der Waals surface area contributed by atoms with Crippen molar-refractivity contribution in [1.29, 1.82) is 0 Å². The summed E-state index contributed by atoms with van der Waals surface area (Å²) in [6.07, 6.45) is 5.18. The average molecular weight is 282 g/mol. The van der Waals surface area contributed by atoms with Crippen LogP contribution in [0.1, 0.15) is 48.7 Å². The lowest BCUT2D eigenvalue weighted by atomic mass is 9.98. The zero-order valence-corrected chi connectivity index (χ0v) is 13.4. The molecular formula is C19H26N2. The van der Waals surface area contributed by atoms with Gasteiger partial charge in [-0.25, -0.2) is 0 Å². The molecule has 2 rings (SSSR count). The number of hydrogen-bond donors (Lipinski definition) is 1. The fourth-order valence-corrected chi connectivity index (χ4v) is 2.56. The maximum Gasteiger partial charge on any atom is 0.0375 e. The molecule has 1 unspecified atom stereocenters. The Hall–Kier alpha value is -1.67. The molecule has 0 spiro atoms. The Morgan fingerprint density at radius 1 is 1.05 bits per heavy atom. The molecule has 1 atom stereocenters. The van der Waals surface area contributed by atoms with E-state index in [0.29, 0.717) is 6.04 Å². The van der Waals surface area contributed by atoms with Gasteiger partial charge in [0.1, 0.15) is 0 Å². The molecule has 0 amide bonds. The van der Waals surface area contributed by atoms with Gasteiger partial charge in [-0.1, -0.05) is 38.1 Å². The van der Waals surface area contributed by atoms with Crippen molar-refractivity contribution in [3.05, 3.63) is 65.0 Å². The highest BCUT2D eigenvalue weighted by Crippen LogP contribution is 2.19. The van der Waals surface area contributed by atoms with Gasteiger partial charge < -0.3 is 5.32 Å². The van der Waals surface area contributed by atoms with Crippen molar-refractivity contribution in [2.24, 2.45) is 0 Å². The van der Waals surface area contributed by atoms with Gasteiger partial charge in [-0.2, -0.15) is 0 Å². The molecule has 1 aromatic carbocycles. The van der Waals surface area contributed by atoms with Crippen molar-refractivity contribution in [3.8, 4) is 0 Å². The van der Waals surface area contributed by atoms with E-state index in [9.17, 15) is 0 Å². The molecule has 1 aromatic heterocycles. The third-order valence-corrected chi connectivity index (χ3v) is 3.83. The number of nitrogens with zero attached hydrogens (tertiary/aromatic N) is 1. The van der Waals surface area contributed by atoms with Crippen molar-refractivity contribution in [3.63, 3.8) is 0 Å². The molecule has 2 nitrogen and oxygen atoms in total. The average Bonchev–Trinajstić information content (AvgIpc) is 2.52. The molecule has 0 aliphatic rings. The normalized spacial score (nSPS) is 12.3. The van der Waals surface area contributed by atoms with E-state index in [-0.39, 0.29) is 0 Å². The second kappa shape index (κ2) is 7.94. The highest BCUT2D eigenvalue weighted by atomic mass is 14.9. The molecule has 0 aliphatic carbocycles. The highest BCUT2D eigenvalue weighted by molar-refractivity contribution is 5.26. The largest absolute Gasteiger partial charge is 0.310 e. The number of rotatable bonds is 7. The van der Waals surface area contributed by atoms with Crippen molar-refractivity contribution in [1.82, 2.24) is 10.3 Å². The van der Waals surface area contributed by atoms with Crippen LogP contribution in [0.15, 0.2) is 42.6 Å². The fourth-order valence-electron chi connectivity index (χ4n) is 2.56. The topological polar surface area (TPSA) is 24.9 Å². The number of pyridine rings is 1. The predicted octanol–water partition coefficient (Wildman–Crippen LogP) is 4.24. The molecule has 1 N–H and O–H groups in total. The van der Waals surface area contributed by atoms with E-state index in [1.54, 1.807) is 0 Å². The maximum atomic E-state index is 4.30. The summed E-state index contributed by atoms with van der Waals surface area (Å²) in [6, 6.07) is 13.7. The van der Waals surface area contributed by atoms with Gasteiger partial charge in [0, 0.05) is 17.9 Å². The van der Waals surface area contributed by atoms with Crippen molar-refractivity contribution >= 4 is 0 Å². The number of hydrogen-bond acceptors (Lipinski definition) is 2. The Morgan fingerprint density at radius 2 is 1.76 bits per heavy atom. The smallest absolute Gasteiger partial charge is 0.0375 e. The number of aromatic nitrogens is 1. The third-order valence-electron chi connectivity index (χ3n) is 3.83. The molecule has 2 heteroatoms. The van der Waals surface area contributed by atoms with Gasteiger partial charge in [-0.15, -0.1) is 0 Å². The van der Waals surface area contributed by atoms with Gasteiger partial charge in [0.05, 0.1) is 0 Å². The SMILES string of the molecule is CCCNC(Cc1ccc(CC)cc1)c1ccnc(C)c1. The molecule has 0 saturated heterocycles. The van der Waals surface area contributed by atoms with E-state index in [1.807, 2.05) is 6.20 Å². The minimum absolute atomic E-state index is 0.360. The first-order chi connectivity index (χ1) is 10.2. The van der Waals surface area contributed by atoms with Crippen molar-refractivity contribution < 1.29 is 0 Å². The highest BCUT2D eigenvalue weighted by Gasteiger charge is 2.12. The zero-order valence-electron chi connectivity index (χ0n) is 13.4. The van der Waals surface area contributed by atoms with E-state index in [4.69, 9.17) is 0 Å². The molecule has 1 heterocycles. The van der Waals surface area contributed by atoms with Gasteiger partial charge in [0.15, 0.2) is 0 Å². The summed E-state index contributed by atoms with van der Waals surface area (Å²) in [7, 11) is 0. The van der Waals surface area contributed by atoms with Gasteiger partial charge >= 0.3 is 0 Å². The summed E-state index contributed by atoms with van der Waals surface area (Å²) >= 11 is 0. The second-order valence-corrected chi connectivity index (χ2v) is 5.61. The van der Waals surface area contributed by atoms with Gasteiger partial charge in [-0.3, -0.25) is 4.98 Å². The van der Waals surface area contributed by atoms with Crippen LogP contribution in [0.3, 0.4) is 0 Å². The van der Waals surface area contributed by atoms with Gasteiger partial charge in [0.25, 0.3) is 0 Å². The van der Waals surface area contributed by atoms with E-state index in [2.05, 4.69) is 67.5 Å². The Bertz CT molecular complexity index is 546. The van der Waals surface area contributed by atoms with Crippen LogP contribution in [-0.4, -0.2) is 11.5 Å². The van der Waals surface area contributed by atoms with Crippen LogP contribution in [0.2, 0.25) is 0 Å². The summed E-state index contributed by atoms with van der Waals surface area (Å²) in [5.41, 5.74) is 5.19. The molecule has 2 aromatic rings. The van der Waals surface area contributed by atoms with Crippen LogP contribution in [0, 0.1) is 6.92 Å². The van der Waals surface area contributed by atoms with E-state index < -0.39 is 0 Å². The molecule has 0 bridgehead atoms. The number of aryl methyl sites for hydroxylation is 2. The van der Waals surface area contributed by atoms with E-state index >= 15 is 0 Å². The summed E-state index contributed by atoms with van der Waals surface area (Å²) in [4.78, 5) is 4.30. The van der Waals surface area contributed by atoms with E-state index in [0.717, 1.165) is 31.5 Å². The number of benzene rings is 1. The molecule has 0 radical (unpaired) electrons. The van der Waals surface area contributed by atoms with Crippen LogP contribution in [0.5, 0.6) is 0 Å². The van der Waals surface area contributed by atoms with Gasteiger partial charge in [-0.05, 0) is 61.6 Å². The molecule has 112 valence electrons. The Morgan fingerprint density at radius 3 is 2.38 bits per heavy atom. The first-order valence-electron chi connectivity index (χ1n) is 7.96. The summed E-state index contributed by atoms with van der Waals surface area (Å²) in [6.45, 7) is 7.49. The molecule has 0 aliphatic heterocycles. The first-order valence-corrected chi connectivity index (χ1v) is 7.96. The second-order valence-electron chi connectivity index (χ2n) is 5.61. The Labute approximate surface area is 128 Å². The standard InChI is InChI=1S/C19H26N2/c1-4-11-21-19(18-10-12-20-15(3)13-18)14-17-8-6-16(5-2)7-9-17/h6-10,12-13,19,21H,4-5,11,14H2,1-3H3. The Kier molecular flexibility index (Phi) is 5.94. The van der Waals surface area contributed by atoms with Crippen LogP contribution < -0.4 is 5.32 Å². The van der Waals surface area contributed by atoms with Crippen LogP contribution in [-0.2, 0) is 12.8 Å². The van der Waals surface area contributed by atoms with Crippen molar-refractivity contribution in [2.75, 3.05) is 6.54 Å². The van der Waals surface area contributed by atoms with Crippen LogP contribution >= 0.6 is 0 Å². The minimum Gasteiger partial charge on any atom is -0.310 e. The summed E-state index contributed by atoms with van der Waals surface area (Å²) < 4.78 is 0. The Balaban J connectivity index is 2.15.